The van der Waals surface area contributed by atoms with E-state index in [2.05, 4.69) is 35.5 Å². The fourth-order valence-electron chi connectivity index (χ4n) is 3.54. The van der Waals surface area contributed by atoms with E-state index in [9.17, 15) is 9.59 Å². The van der Waals surface area contributed by atoms with Crippen molar-refractivity contribution in [3.8, 4) is 0 Å². The predicted molar refractivity (Wildman–Crippen MR) is 90.2 cm³/mol. The van der Waals surface area contributed by atoms with Crippen LogP contribution in [0, 0.1) is 5.92 Å². The van der Waals surface area contributed by atoms with E-state index in [0.717, 1.165) is 18.5 Å². The van der Waals surface area contributed by atoms with Gasteiger partial charge < -0.3 is 15.1 Å². The number of hydrogen-bond donors (Lipinski definition) is 1. The van der Waals surface area contributed by atoms with E-state index in [0.29, 0.717) is 26.1 Å². The second kappa shape index (κ2) is 6.60. The summed E-state index contributed by atoms with van der Waals surface area (Å²) < 4.78 is 0. The summed E-state index contributed by atoms with van der Waals surface area (Å²) in [6.45, 7) is 4.82. The molecular weight excluding hydrogens is 290 g/mol. The molecule has 0 aliphatic carbocycles. The summed E-state index contributed by atoms with van der Waals surface area (Å²) in [5, 5.41) is 2.99. The van der Waals surface area contributed by atoms with Crippen LogP contribution in [-0.4, -0.2) is 43.4 Å². The first kappa shape index (κ1) is 15.8. The van der Waals surface area contributed by atoms with Gasteiger partial charge in [0.15, 0.2) is 0 Å². The maximum absolute atomic E-state index is 12.3. The molecule has 1 fully saturated rings. The molecule has 2 aliphatic rings. The molecule has 2 heterocycles. The van der Waals surface area contributed by atoms with Crippen molar-refractivity contribution in [1.29, 1.82) is 0 Å². The third-order valence-corrected chi connectivity index (χ3v) is 4.93. The molecule has 1 N–H and O–H groups in total. The van der Waals surface area contributed by atoms with Crippen LogP contribution in [0.15, 0.2) is 18.2 Å². The second-order valence-corrected chi connectivity index (χ2v) is 6.54. The number of aryl methyl sites for hydroxylation is 1. The van der Waals surface area contributed by atoms with Crippen LogP contribution in [-0.2, 0) is 22.6 Å². The number of fused-ring (bicyclic) bond motifs is 1. The summed E-state index contributed by atoms with van der Waals surface area (Å²) >= 11 is 0. The van der Waals surface area contributed by atoms with E-state index < -0.39 is 0 Å². The topological polar surface area (TPSA) is 52.7 Å². The highest BCUT2D eigenvalue weighted by Crippen LogP contribution is 2.26. The zero-order valence-corrected chi connectivity index (χ0v) is 14.0. The molecule has 5 heteroatoms. The number of likely N-dealkylation sites (tertiary alicyclic amines) is 1. The highest BCUT2D eigenvalue weighted by molar-refractivity contribution is 5.89. The summed E-state index contributed by atoms with van der Waals surface area (Å²) in [6, 6.07) is 6.43. The van der Waals surface area contributed by atoms with E-state index in [1.807, 2.05) is 6.92 Å². The average Bonchev–Trinajstić information content (AvgIpc) is 2.94. The summed E-state index contributed by atoms with van der Waals surface area (Å²) in [7, 11) is 2.12. The third-order valence-electron chi connectivity index (χ3n) is 4.93. The van der Waals surface area contributed by atoms with Gasteiger partial charge in [-0.1, -0.05) is 12.1 Å². The Hall–Kier alpha value is -2.04. The van der Waals surface area contributed by atoms with Crippen LogP contribution >= 0.6 is 0 Å². The minimum Gasteiger partial charge on any atom is -0.374 e. The molecule has 5 nitrogen and oxygen atoms in total. The Morgan fingerprint density at radius 3 is 2.96 bits per heavy atom. The number of nitrogens with zero attached hydrogens (tertiary/aromatic N) is 2. The molecule has 124 valence electrons. The molecule has 1 aromatic carbocycles. The highest BCUT2D eigenvalue weighted by atomic mass is 16.2. The molecular formula is C18H25N3O2. The van der Waals surface area contributed by atoms with Gasteiger partial charge in [0.1, 0.15) is 0 Å². The Morgan fingerprint density at radius 1 is 1.39 bits per heavy atom. The first-order valence-corrected chi connectivity index (χ1v) is 8.47. The number of amides is 2. The van der Waals surface area contributed by atoms with Crippen LogP contribution in [0.25, 0.3) is 0 Å². The van der Waals surface area contributed by atoms with Gasteiger partial charge in [0.05, 0.1) is 5.92 Å². The Labute approximate surface area is 137 Å². The smallest absolute Gasteiger partial charge is 0.225 e. The van der Waals surface area contributed by atoms with Crippen molar-refractivity contribution >= 4 is 17.5 Å². The molecule has 2 aliphatic heterocycles. The van der Waals surface area contributed by atoms with Gasteiger partial charge in [0.25, 0.3) is 0 Å². The van der Waals surface area contributed by atoms with Gasteiger partial charge >= 0.3 is 0 Å². The van der Waals surface area contributed by atoms with E-state index >= 15 is 0 Å². The molecule has 0 saturated carbocycles. The lowest BCUT2D eigenvalue weighted by Gasteiger charge is -2.27. The largest absolute Gasteiger partial charge is 0.374 e. The monoisotopic (exact) mass is 315 g/mol. The van der Waals surface area contributed by atoms with Crippen molar-refractivity contribution in [1.82, 2.24) is 10.2 Å². The van der Waals surface area contributed by atoms with Gasteiger partial charge in [-0.3, -0.25) is 9.59 Å². The lowest BCUT2D eigenvalue weighted by atomic mass is 9.99. The summed E-state index contributed by atoms with van der Waals surface area (Å²) in [6.07, 6.45) is 2.62. The summed E-state index contributed by atoms with van der Waals surface area (Å²) in [4.78, 5) is 28.0. The molecule has 3 rings (SSSR count). The SMILES string of the molecule is CCN1C[C@@H](C(=O)NCc2ccc3c(c2)CCCN3C)CC1=O. The van der Waals surface area contributed by atoms with Crippen LogP contribution in [0.2, 0.25) is 0 Å². The van der Waals surface area contributed by atoms with Crippen LogP contribution in [0.4, 0.5) is 5.69 Å². The quantitative estimate of drug-likeness (QED) is 0.917. The Bertz CT molecular complexity index is 614. The normalized spacial score (nSPS) is 20.6. The van der Waals surface area contributed by atoms with Gasteiger partial charge in [-0.2, -0.15) is 0 Å². The number of nitrogens with one attached hydrogen (secondary N) is 1. The molecule has 0 spiro atoms. The molecule has 0 radical (unpaired) electrons. The fourth-order valence-corrected chi connectivity index (χ4v) is 3.54. The summed E-state index contributed by atoms with van der Waals surface area (Å²) in [5.41, 5.74) is 3.79. The van der Waals surface area contributed by atoms with E-state index in [1.54, 1.807) is 4.90 Å². The number of carbonyl (C=O) groups is 2. The van der Waals surface area contributed by atoms with Crippen LogP contribution in [0.3, 0.4) is 0 Å². The number of anilines is 1. The average molecular weight is 315 g/mol. The van der Waals surface area contributed by atoms with Gasteiger partial charge in [0, 0.05) is 45.3 Å². The van der Waals surface area contributed by atoms with Gasteiger partial charge in [0.2, 0.25) is 11.8 Å². The first-order valence-electron chi connectivity index (χ1n) is 8.47. The van der Waals surface area contributed by atoms with Crippen molar-refractivity contribution in [2.24, 2.45) is 5.92 Å². The molecule has 0 unspecified atom stereocenters. The Morgan fingerprint density at radius 2 is 2.22 bits per heavy atom. The Balaban J connectivity index is 1.58. The number of rotatable bonds is 4. The molecule has 0 bridgehead atoms. The third kappa shape index (κ3) is 3.33. The van der Waals surface area contributed by atoms with Crippen molar-refractivity contribution in [3.63, 3.8) is 0 Å². The first-order chi connectivity index (χ1) is 11.1. The lowest BCUT2D eigenvalue weighted by molar-refractivity contribution is -0.128. The minimum atomic E-state index is -0.203. The molecule has 1 saturated heterocycles. The van der Waals surface area contributed by atoms with Gasteiger partial charge in [-0.25, -0.2) is 0 Å². The van der Waals surface area contributed by atoms with E-state index in [1.165, 1.54) is 17.7 Å². The molecule has 1 aromatic rings. The zero-order chi connectivity index (χ0) is 16.4. The highest BCUT2D eigenvalue weighted by Gasteiger charge is 2.33. The van der Waals surface area contributed by atoms with Crippen LogP contribution in [0.5, 0.6) is 0 Å². The molecule has 23 heavy (non-hydrogen) atoms. The summed E-state index contributed by atoms with van der Waals surface area (Å²) in [5.74, 6) is -0.125. The van der Waals surface area contributed by atoms with Crippen molar-refractivity contribution in [2.75, 3.05) is 31.6 Å². The standard InChI is InChI=1S/C18H25N3O2/c1-3-21-12-15(10-17(21)22)18(23)19-11-13-6-7-16-14(9-13)5-4-8-20(16)2/h6-7,9,15H,3-5,8,10-12H2,1-2H3,(H,19,23)/t15-/m0/s1. The van der Waals surface area contributed by atoms with Crippen LogP contribution in [0.1, 0.15) is 30.9 Å². The Kier molecular flexibility index (Phi) is 4.55. The molecule has 2 amide bonds. The van der Waals surface area contributed by atoms with Gasteiger partial charge in [-0.15, -0.1) is 0 Å². The fraction of sp³-hybridized carbons (Fsp3) is 0.556. The lowest BCUT2D eigenvalue weighted by Crippen LogP contribution is -2.32. The maximum Gasteiger partial charge on any atom is 0.225 e. The molecule has 1 atom stereocenters. The van der Waals surface area contributed by atoms with E-state index in [4.69, 9.17) is 0 Å². The van der Waals surface area contributed by atoms with Crippen LogP contribution < -0.4 is 10.2 Å². The number of carbonyl (C=O) groups excluding carboxylic acids is 2. The zero-order valence-electron chi connectivity index (χ0n) is 14.0. The second-order valence-electron chi connectivity index (χ2n) is 6.54. The maximum atomic E-state index is 12.3. The van der Waals surface area contributed by atoms with Crippen molar-refractivity contribution < 1.29 is 9.59 Å². The van der Waals surface area contributed by atoms with Crippen molar-refractivity contribution in [3.05, 3.63) is 29.3 Å². The molecule has 0 aromatic heterocycles. The van der Waals surface area contributed by atoms with Gasteiger partial charge in [-0.05, 0) is 37.0 Å². The number of hydrogen-bond acceptors (Lipinski definition) is 3. The van der Waals surface area contributed by atoms with Crippen molar-refractivity contribution in [2.45, 2.75) is 32.7 Å². The predicted octanol–water partition coefficient (Wildman–Crippen LogP) is 1.55. The number of benzene rings is 1. The van der Waals surface area contributed by atoms with E-state index in [-0.39, 0.29) is 17.7 Å². The minimum absolute atomic E-state index is 0.0101.